The van der Waals surface area contributed by atoms with Crippen LogP contribution in [0.25, 0.3) is 27.7 Å². The Kier molecular flexibility index (Phi) is 7.60. The highest BCUT2D eigenvalue weighted by atomic mass is 35.5. The first kappa shape index (κ1) is 23.9. The van der Waals surface area contributed by atoms with E-state index in [1.807, 2.05) is 42.8 Å². The van der Waals surface area contributed by atoms with Crippen molar-refractivity contribution in [3.05, 3.63) is 77.0 Å². The van der Waals surface area contributed by atoms with E-state index in [2.05, 4.69) is 10.3 Å². The quantitative estimate of drug-likeness (QED) is 0.208. The number of halogens is 2. The molecule has 0 bridgehead atoms. The number of aryl methyl sites for hydroxylation is 1. The summed E-state index contributed by atoms with van der Waals surface area (Å²) in [5.41, 5.74) is 3.93. The van der Waals surface area contributed by atoms with Crippen LogP contribution in [0, 0.1) is 0 Å². The average molecular weight is 498 g/mol. The van der Waals surface area contributed by atoms with E-state index in [-0.39, 0.29) is 5.91 Å². The molecule has 0 aliphatic rings. The smallest absolute Gasteiger partial charge is 0.244 e. The van der Waals surface area contributed by atoms with Gasteiger partial charge in [0, 0.05) is 64.7 Å². The molecule has 34 heavy (non-hydrogen) atoms. The zero-order valence-electron chi connectivity index (χ0n) is 19.0. The SMILES string of the molecule is CCOc1cc2occ(-c3ccc(Cl)cc3Cl)c2cc1/C(C)=C/C(=O)NCCCn1ccnc1. The highest BCUT2D eigenvalue weighted by molar-refractivity contribution is 6.36. The van der Waals surface area contributed by atoms with Crippen molar-refractivity contribution in [2.24, 2.45) is 0 Å². The van der Waals surface area contributed by atoms with E-state index in [4.69, 9.17) is 32.4 Å². The highest BCUT2D eigenvalue weighted by Crippen LogP contribution is 2.40. The summed E-state index contributed by atoms with van der Waals surface area (Å²) in [5, 5.41) is 4.91. The Hall–Kier alpha value is -3.22. The van der Waals surface area contributed by atoms with E-state index in [9.17, 15) is 4.79 Å². The Morgan fingerprint density at radius 3 is 2.82 bits per heavy atom. The third kappa shape index (κ3) is 5.46. The number of furan rings is 1. The number of hydrogen-bond acceptors (Lipinski definition) is 4. The van der Waals surface area contributed by atoms with Gasteiger partial charge in [-0.25, -0.2) is 4.98 Å². The number of benzene rings is 2. The summed E-state index contributed by atoms with van der Waals surface area (Å²) in [7, 11) is 0. The lowest BCUT2D eigenvalue weighted by Gasteiger charge is -2.12. The number of ether oxygens (including phenoxy) is 1. The molecule has 6 nitrogen and oxygen atoms in total. The first-order valence-electron chi connectivity index (χ1n) is 11.0. The monoisotopic (exact) mass is 497 g/mol. The van der Waals surface area contributed by atoms with Crippen molar-refractivity contribution in [1.82, 2.24) is 14.9 Å². The average Bonchev–Trinajstić information content (AvgIpc) is 3.46. The van der Waals surface area contributed by atoms with E-state index in [0.717, 1.165) is 40.6 Å². The van der Waals surface area contributed by atoms with E-state index in [0.29, 0.717) is 34.5 Å². The summed E-state index contributed by atoms with van der Waals surface area (Å²) in [6.07, 6.45) is 9.48. The Morgan fingerprint density at radius 2 is 2.09 bits per heavy atom. The molecule has 0 saturated heterocycles. The van der Waals surface area contributed by atoms with Crippen molar-refractivity contribution in [1.29, 1.82) is 0 Å². The maximum absolute atomic E-state index is 12.5. The lowest BCUT2D eigenvalue weighted by atomic mass is 9.99. The second-order valence-corrected chi connectivity index (χ2v) is 8.67. The molecule has 0 aliphatic carbocycles. The van der Waals surface area contributed by atoms with Gasteiger partial charge in [-0.2, -0.15) is 0 Å². The Morgan fingerprint density at radius 1 is 1.24 bits per heavy atom. The maximum Gasteiger partial charge on any atom is 0.244 e. The molecule has 4 rings (SSSR count). The van der Waals surface area contributed by atoms with Gasteiger partial charge in [-0.15, -0.1) is 0 Å². The molecule has 0 unspecified atom stereocenters. The summed E-state index contributed by atoms with van der Waals surface area (Å²) in [6, 6.07) is 9.18. The number of hydrogen-bond donors (Lipinski definition) is 1. The third-order valence-electron chi connectivity index (χ3n) is 5.42. The van der Waals surface area contributed by atoms with Gasteiger partial charge < -0.3 is 19.0 Å². The van der Waals surface area contributed by atoms with Crippen molar-refractivity contribution < 1.29 is 13.9 Å². The molecule has 176 valence electrons. The fraction of sp³-hybridized carbons (Fsp3) is 0.231. The summed E-state index contributed by atoms with van der Waals surface area (Å²) in [5.74, 6) is 0.499. The van der Waals surface area contributed by atoms with Crippen LogP contribution in [0.15, 0.2) is 65.8 Å². The first-order chi connectivity index (χ1) is 16.5. The molecule has 8 heteroatoms. The third-order valence-corrected chi connectivity index (χ3v) is 5.97. The minimum atomic E-state index is -0.154. The number of nitrogens with one attached hydrogen (secondary N) is 1. The molecule has 0 saturated carbocycles. The van der Waals surface area contributed by atoms with Crippen LogP contribution in [-0.2, 0) is 11.3 Å². The number of carbonyl (C=O) groups excluding carboxylic acids is 1. The lowest BCUT2D eigenvalue weighted by molar-refractivity contribution is -0.116. The highest BCUT2D eigenvalue weighted by Gasteiger charge is 2.17. The minimum absolute atomic E-state index is 0.154. The Labute approximate surface area is 208 Å². The van der Waals surface area contributed by atoms with Crippen LogP contribution >= 0.6 is 23.2 Å². The van der Waals surface area contributed by atoms with Gasteiger partial charge in [0.05, 0.1) is 24.2 Å². The number of fused-ring (bicyclic) bond motifs is 1. The molecular weight excluding hydrogens is 473 g/mol. The first-order valence-corrected chi connectivity index (χ1v) is 11.8. The van der Waals surface area contributed by atoms with Gasteiger partial charge in [-0.3, -0.25) is 4.79 Å². The second kappa shape index (κ2) is 10.8. The van der Waals surface area contributed by atoms with Crippen molar-refractivity contribution in [2.45, 2.75) is 26.8 Å². The van der Waals surface area contributed by atoms with Crippen LogP contribution in [0.5, 0.6) is 5.75 Å². The number of imidazole rings is 1. The molecule has 0 aliphatic heterocycles. The zero-order valence-corrected chi connectivity index (χ0v) is 20.5. The van der Waals surface area contributed by atoms with E-state index < -0.39 is 0 Å². The summed E-state index contributed by atoms with van der Waals surface area (Å²) >= 11 is 12.5. The molecule has 1 amide bonds. The van der Waals surface area contributed by atoms with E-state index in [1.165, 1.54) is 0 Å². The Bertz CT molecular complexity index is 1330. The molecule has 0 fully saturated rings. The van der Waals surface area contributed by atoms with Gasteiger partial charge in [-0.1, -0.05) is 29.3 Å². The maximum atomic E-state index is 12.5. The van der Waals surface area contributed by atoms with Gasteiger partial charge in [0.1, 0.15) is 11.3 Å². The van der Waals surface area contributed by atoms with Crippen LogP contribution in [0.2, 0.25) is 10.0 Å². The number of allylic oxidation sites excluding steroid dienone is 1. The van der Waals surface area contributed by atoms with Gasteiger partial charge in [-0.05, 0) is 44.0 Å². The Balaban J connectivity index is 1.59. The van der Waals surface area contributed by atoms with E-state index >= 15 is 0 Å². The van der Waals surface area contributed by atoms with Crippen molar-refractivity contribution >= 4 is 45.7 Å². The second-order valence-electron chi connectivity index (χ2n) is 7.82. The number of rotatable bonds is 9. The van der Waals surface area contributed by atoms with Crippen LogP contribution in [0.4, 0.5) is 0 Å². The molecule has 0 spiro atoms. The lowest BCUT2D eigenvalue weighted by Crippen LogP contribution is -2.23. The molecule has 0 radical (unpaired) electrons. The van der Waals surface area contributed by atoms with E-state index in [1.54, 1.807) is 37.0 Å². The van der Waals surface area contributed by atoms with Crippen LogP contribution in [0.1, 0.15) is 25.8 Å². The van der Waals surface area contributed by atoms with Crippen LogP contribution in [0.3, 0.4) is 0 Å². The van der Waals surface area contributed by atoms with Gasteiger partial charge in [0.2, 0.25) is 5.91 Å². The topological polar surface area (TPSA) is 69.3 Å². The van der Waals surface area contributed by atoms with Gasteiger partial charge in [0.25, 0.3) is 0 Å². The fourth-order valence-electron chi connectivity index (χ4n) is 3.77. The van der Waals surface area contributed by atoms with Crippen molar-refractivity contribution in [3.8, 4) is 16.9 Å². The molecule has 4 aromatic rings. The normalized spacial score (nSPS) is 11.7. The predicted molar refractivity (Wildman–Crippen MR) is 136 cm³/mol. The molecule has 2 aromatic carbocycles. The predicted octanol–water partition coefficient (Wildman–Crippen LogP) is 6.61. The number of nitrogens with zero attached hydrogens (tertiary/aromatic N) is 2. The van der Waals surface area contributed by atoms with Crippen LogP contribution in [-0.4, -0.2) is 28.6 Å². The number of carbonyl (C=O) groups is 1. The van der Waals surface area contributed by atoms with Crippen molar-refractivity contribution in [3.63, 3.8) is 0 Å². The molecule has 2 heterocycles. The molecular formula is C26H25Cl2N3O3. The van der Waals surface area contributed by atoms with Crippen LogP contribution < -0.4 is 10.1 Å². The standard InChI is InChI=1S/C26H25Cl2N3O3/c1-3-33-24-14-25-21(22(15-34-25)19-6-5-18(27)12-23(19)28)13-20(24)17(2)11-26(32)30-7-4-9-31-10-8-29-16-31/h5-6,8,10-16H,3-4,7,9H2,1-2H3,(H,30,32)/b17-11+. The largest absolute Gasteiger partial charge is 0.493 e. The number of amides is 1. The molecule has 0 atom stereocenters. The minimum Gasteiger partial charge on any atom is -0.493 e. The number of aromatic nitrogens is 2. The van der Waals surface area contributed by atoms with Gasteiger partial charge in [0.15, 0.2) is 0 Å². The fourth-order valence-corrected chi connectivity index (χ4v) is 4.28. The molecule has 1 N–H and O–H groups in total. The molecule has 2 aromatic heterocycles. The zero-order chi connectivity index (χ0) is 24.1. The summed E-state index contributed by atoms with van der Waals surface area (Å²) in [4.78, 5) is 16.6. The summed E-state index contributed by atoms with van der Waals surface area (Å²) < 4.78 is 13.6. The van der Waals surface area contributed by atoms with Crippen molar-refractivity contribution in [2.75, 3.05) is 13.2 Å². The summed E-state index contributed by atoms with van der Waals surface area (Å²) in [6.45, 7) is 5.66. The van der Waals surface area contributed by atoms with Gasteiger partial charge >= 0.3 is 0 Å².